The van der Waals surface area contributed by atoms with E-state index in [0.29, 0.717) is 5.56 Å². The van der Waals surface area contributed by atoms with Crippen molar-refractivity contribution in [1.29, 1.82) is 0 Å². The molecule has 0 aliphatic carbocycles. The predicted molar refractivity (Wildman–Crippen MR) is 79.7 cm³/mol. The summed E-state index contributed by atoms with van der Waals surface area (Å²) in [4.78, 5) is 23.1. The van der Waals surface area contributed by atoms with Crippen molar-refractivity contribution in [2.45, 2.75) is 30.8 Å². The van der Waals surface area contributed by atoms with E-state index in [0.717, 1.165) is 0 Å². The number of aliphatic hydroxyl groups excluding tert-OH is 4. The van der Waals surface area contributed by atoms with Gasteiger partial charge in [-0.15, -0.1) is 0 Å². The number of aliphatic carboxylic acids is 1. The average Bonchev–Trinajstić information content (AvgIpc) is 2.59. The third-order valence-corrected chi connectivity index (χ3v) is 3.16. The molecule has 128 valence electrons. The van der Waals surface area contributed by atoms with Gasteiger partial charge in [0.05, 0.1) is 13.2 Å². The van der Waals surface area contributed by atoms with Gasteiger partial charge in [-0.25, -0.2) is 0 Å². The SMILES string of the molecule is [2H]C(c1ccccc1)[C@H](NCC(=O)[C@@H](O)[C@H](O)[C@H](O)CO)C(=O)O. The average molecular weight is 328 g/mol. The summed E-state index contributed by atoms with van der Waals surface area (Å²) in [5.74, 6) is -2.32. The van der Waals surface area contributed by atoms with Gasteiger partial charge in [0.15, 0.2) is 5.78 Å². The van der Waals surface area contributed by atoms with Gasteiger partial charge in [0, 0.05) is 1.37 Å². The molecular weight excluding hydrogens is 306 g/mol. The van der Waals surface area contributed by atoms with Crippen LogP contribution in [0.4, 0.5) is 0 Å². The van der Waals surface area contributed by atoms with Crippen LogP contribution in [-0.4, -0.2) is 74.8 Å². The number of carboxylic acids is 1. The first-order chi connectivity index (χ1) is 11.3. The van der Waals surface area contributed by atoms with Gasteiger partial charge in [0.2, 0.25) is 0 Å². The van der Waals surface area contributed by atoms with E-state index in [2.05, 4.69) is 5.32 Å². The van der Waals surface area contributed by atoms with Crippen LogP contribution in [0.1, 0.15) is 6.93 Å². The third-order valence-electron chi connectivity index (χ3n) is 3.16. The Morgan fingerprint density at radius 2 is 1.78 bits per heavy atom. The van der Waals surface area contributed by atoms with Gasteiger partial charge in [0.25, 0.3) is 0 Å². The molecule has 6 N–H and O–H groups in total. The maximum atomic E-state index is 11.8. The number of aliphatic hydroxyl groups is 4. The molecule has 0 aromatic heterocycles. The molecule has 0 saturated carbocycles. The van der Waals surface area contributed by atoms with Crippen molar-refractivity contribution >= 4 is 11.8 Å². The number of hydrogen-bond acceptors (Lipinski definition) is 7. The van der Waals surface area contributed by atoms with Crippen LogP contribution < -0.4 is 5.32 Å². The second-order valence-electron chi connectivity index (χ2n) is 4.93. The molecule has 0 heterocycles. The fourth-order valence-corrected chi connectivity index (χ4v) is 1.80. The lowest BCUT2D eigenvalue weighted by Crippen LogP contribution is -2.49. The van der Waals surface area contributed by atoms with Crippen molar-refractivity contribution in [3.63, 3.8) is 0 Å². The Labute approximate surface area is 134 Å². The number of hydrogen-bond donors (Lipinski definition) is 6. The normalized spacial score (nSPS) is 18.3. The van der Waals surface area contributed by atoms with Crippen LogP contribution in [0, 0.1) is 0 Å². The van der Waals surface area contributed by atoms with Gasteiger partial charge in [-0.2, -0.15) is 0 Å². The molecule has 1 rings (SSSR count). The molecule has 8 heteroatoms. The first kappa shape index (κ1) is 17.5. The topological polar surface area (TPSA) is 147 Å². The van der Waals surface area contributed by atoms with Gasteiger partial charge >= 0.3 is 5.97 Å². The van der Waals surface area contributed by atoms with Crippen LogP contribution in [0.5, 0.6) is 0 Å². The fraction of sp³-hybridized carbons (Fsp3) is 0.467. The smallest absolute Gasteiger partial charge is 0.321 e. The van der Waals surface area contributed by atoms with Gasteiger partial charge in [-0.05, 0) is 12.0 Å². The van der Waals surface area contributed by atoms with E-state index in [1.165, 1.54) is 0 Å². The highest BCUT2D eigenvalue weighted by Gasteiger charge is 2.30. The predicted octanol–water partition coefficient (Wildman–Crippen LogP) is -2.08. The highest BCUT2D eigenvalue weighted by Crippen LogP contribution is 2.05. The number of rotatable bonds is 10. The Morgan fingerprint density at radius 1 is 1.17 bits per heavy atom. The van der Waals surface area contributed by atoms with Crippen LogP contribution in [0.25, 0.3) is 0 Å². The third kappa shape index (κ3) is 6.05. The van der Waals surface area contributed by atoms with Gasteiger partial charge < -0.3 is 25.5 Å². The Bertz CT molecular complexity index is 542. The van der Waals surface area contributed by atoms with E-state index in [1.54, 1.807) is 30.3 Å². The van der Waals surface area contributed by atoms with Gasteiger partial charge in [0.1, 0.15) is 24.4 Å². The van der Waals surface area contributed by atoms with E-state index >= 15 is 0 Å². The number of carbonyl (C=O) groups is 2. The standard InChI is InChI=1S/C15H21NO7/c17-8-12(19)14(21)13(20)11(18)7-16-10(15(22)23)6-9-4-2-1-3-5-9/h1-5,10,12-14,16-17,19-21H,6-8H2,(H,22,23)/t10-,12+,13+,14+/m0/s1/i6D/t6?,10-,12+,13+,14+. The molecule has 1 aromatic carbocycles. The number of Topliss-reactive ketones (excluding diaryl/α,β-unsaturated/α-hetero) is 1. The maximum Gasteiger partial charge on any atom is 0.321 e. The number of benzene rings is 1. The molecular formula is C15H21NO7. The minimum Gasteiger partial charge on any atom is -0.480 e. The Morgan fingerprint density at radius 3 is 2.30 bits per heavy atom. The molecule has 23 heavy (non-hydrogen) atoms. The van der Waals surface area contributed by atoms with Crippen molar-refractivity contribution in [3.05, 3.63) is 35.9 Å². The van der Waals surface area contributed by atoms with Crippen molar-refractivity contribution in [2.24, 2.45) is 0 Å². The van der Waals surface area contributed by atoms with Crippen molar-refractivity contribution < 1.29 is 36.5 Å². The molecule has 8 nitrogen and oxygen atoms in total. The number of carbonyl (C=O) groups excluding carboxylic acids is 1. The summed E-state index contributed by atoms with van der Waals surface area (Å²) in [6.07, 6.45) is -6.78. The molecule has 0 amide bonds. The number of nitrogens with one attached hydrogen (secondary N) is 1. The van der Waals surface area contributed by atoms with E-state index in [4.69, 9.17) is 6.48 Å². The largest absolute Gasteiger partial charge is 0.480 e. The summed E-state index contributed by atoms with van der Waals surface area (Å²) in [6.45, 7) is -1.48. The molecule has 0 bridgehead atoms. The van der Waals surface area contributed by atoms with E-state index in [9.17, 15) is 30.0 Å². The summed E-state index contributed by atoms with van der Waals surface area (Å²) in [7, 11) is 0. The molecule has 0 spiro atoms. The summed E-state index contributed by atoms with van der Waals surface area (Å²) in [5, 5.41) is 48.5. The highest BCUT2D eigenvalue weighted by atomic mass is 16.4. The Kier molecular flexibility index (Phi) is 7.11. The van der Waals surface area contributed by atoms with Crippen LogP contribution >= 0.6 is 0 Å². The summed E-state index contributed by atoms with van der Waals surface area (Å²) in [5.41, 5.74) is 0.432. The first-order valence-corrected chi connectivity index (χ1v) is 6.90. The van der Waals surface area contributed by atoms with E-state index in [-0.39, 0.29) is 0 Å². The molecule has 0 fully saturated rings. The fourth-order valence-electron chi connectivity index (χ4n) is 1.80. The monoisotopic (exact) mass is 328 g/mol. The lowest BCUT2D eigenvalue weighted by molar-refractivity contribution is -0.141. The molecule has 1 aromatic rings. The zero-order chi connectivity index (χ0) is 18.3. The van der Waals surface area contributed by atoms with Crippen LogP contribution in [0.3, 0.4) is 0 Å². The lowest BCUT2D eigenvalue weighted by Gasteiger charge is -2.21. The zero-order valence-corrected chi connectivity index (χ0v) is 12.2. The summed E-state index contributed by atoms with van der Waals surface area (Å²) < 4.78 is 8.00. The Hall–Kier alpha value is -1.84. The van der Waals surface area contributed by atoms with Crippen molar-refractivity contribution in [3.8, 4) is 0 Å². The second kappa shape index (κ2) is 9.33. The number of carboxylic acid groups (broad SMARTS) is 1. The molecule has 0 aliphatic rings. The van der Waals surface area contributed by atoms with Crippen LogP contribution in [0.15, 0.2) is 30.3 Å². The van der Waals surface area contributed by atoms with Crippen molar-refractivity contribution in [1.82, 2.24) is 5.32 Å². The molecule has 0 aliphatic heterocycles. The summed E-state index contributed by atoms with van der Waals surface area (Å²) in [6, 6.07) is 6.76. The second-order valence-corrected chi connectivity index (χ2v) is 4.93. The maximum absolute atomic E-state index is 11.8. The van der Waals surface area contributed by atoms with E-state index in [1.807, 2.05) is 0 Å². The molecule has 1 unspecified atom stereocenters. The number of ketones is 1. The lowest BCUT2D eigenvalue weighted by atomic mass is 10.0. The van der Waals surface area contributed by atoms with Gasteiger partial charge in [-0.3, -0.25) is 14.9 Å². The Balaban J connectivity index is 2.70. The minimum atomic E-state index is -1.99. The first-order valence-electron chi connectivity index (χ1n) is 7.48. The quantitative estimate of drug-likeness (QED) is 0.287. The van der Waals surface area contributed by atoms with Crippen molar-refractivity contribution in [2.75, 3.05) is 13.2 Å². The van der Waals surface area contributed by atoms with E-state index < -0.39 is 55.7 Å². The van der Waals surface area contributed by atoms with Crippen LogP contribution in [-0.2, 0) is 16.0 Å². The molecule has 0 saturated heterocycles. The highest BCUT2D eigenvalue weighted by molar-refractivity contribution is 5.86. The molecule has 5 atom stereocenters. The summed E-state index contributed by atoms with van der Waals surface area (Å²) >= 11 is 0. The van der Waals surface area contributed by atoms with Gasteiger partial charge in [-0.1, -0.05) is 30.3 Å². The minimum absolute atomic E-state index is 0.432. The zero-order valence-electron chi connectivity index (χ0n) is 13.2. The van der Waals surface area contributed by atoms with Crippen LogP contribution in [0.2, 0.25) is 0 Å². The molecule has 0 radical (unpaired) electrons.